The Labute approximate surface area is 304 Å². The third-order valence-electron chi connectivity index (χ3n) is 10.8. The average Bonchev–Trinajstić information content (AvgIpc) is 3.85. The molecule has 0 amide bonds. The van der Waals surface area contributed by atoms with E-state index in [1.54, 1.807) is 11.3 Å². The normalized spacial score (nSPS) is 15.0. The number of rotatable bonds is 3. The first-order valence-electron chi connectivity index (χ1n) is 17.3. The van der Waals surface area contributed by atoms with Crippen molar-refractivity contribution in [2.45, 2.75) is 5.41 Å². The summed E-state index contributed by atoms with van der Waals surface area (Å²) >= 11 is 1.80. The van der Waals surface area contributed by atoms with Crippen LogP contribution in [0.5, 0.6) is 0 Å². The highest BCUT2D eigenvalue weighted by atomic mass is 32.1. The zero-order valence-corrected chi connectivity index (χ0v) is 28.5. The highest BCUT2D eigenvalue weighted by Crippen LogP contribution is 2.65. The fourth-order valence-electron chi connectivity index (χ4n) is 8.68. The Morgan fingerprint density at radius 2 is 1.06 bits per heavy atom. The maximum Gasteiger partial charge on any atom is 0.165 e. The SMILES string of the molecule is N#Cc1ccc2c(c1)-c1ccccc1C21c2ccccc2-c2c1cc(-c1nc(-c3ccccc3)nc(-c3ccccc3)n1)c1sc3ccccc3c21. The van der Waals surface area contributed by atoms with Crippen LogP contribution in [0.15, 0.2) is 158 Å². The second kappa shape index (κ2) is 10.9. The number of benzene rings is 7. The molecule has 9 aromatic rings. The predicted molar refractivity (Wildman–Crippen MR) is 210 cm³/mol. The first-order valence-corrected chi connectivity index (χ1v) is 18.2. The minimum Gasteiger partial charge on any atom is -0.208 e. The summed E-state index contributed by atoms with van der Waals surface area (Å²) in [5, 5.41) is 12.4. The molecule has 2 aliphatic rings. The summed E-state index contributed by atoms with van der Waals surface area (Å²) in [7, 11) is 0. The molecule has 0 saturated carbocycles. The van der Waals surface area contributed by atoms with E-state index in [1.807, 2.05) is 42.5 Å². The summed E-state index contributed by atoms with van der Waals surface area (Å²) in [6.45, 7) is 0. The summed E-state index contributed by atoms with van der Waals surface area (Å²) in [5.74, 6) is 1.92. The van der Waals surface area contributed by atoms with Crippen LogP contribution in [-0.4, -0.2) is 15.0 Å². The van der Waals surface area contributed by atoms with E-state index >= 15 is 0 Å². The quantitative estimate of drug-likeness (QED) is 0.187. The second-order valence-corrected chi connectivity index (χ2v) is 14.5. The van der Waals surface area contributed by atoms with Crippen LogP contribution in [-0.2, 0) is 5.41 Å². The molecule has 11 rings (SSSR count). The van der Waals surface area contributed by atoms with Crippen molar-refractivity contribution < 1.29 is 0 Å². The molecule has 0 radical (unpaired) electrons. The highest BCUT2D eigenvalue weighted by Gasteiger charge is 2.52. The van der Waals surface area contributed by atoms with Gasteiger partial charge in [0.25, 0.3) is 0 Å². The van der Waals surface area contributed by atoms with Crippen molar-refractivity contribution in [3.63, 3.8) is 0 Å². The van der Waals surface area contributed by atoms with E-state index in [9.17, 15) is 5.26 Å². The van der Waals surface area contributed by atoms with Crippen molar-refractivity contribution >= 4 is 31.5 Å². The lowest BCUT2D eigenvalue weighted by Gasteiger charge is -2.30. The molecule has 52 heavy (non-hydrogen) atoms. The summed E-state index contributed by atoms with van der Waals surface area (Å²) in [4.78, 5) is 15.6. The maximum absolute atomic E-state index is 9.99. The van der Waals surface area contributed by atoms with Crippen LogP contribution in [0.1, 0.15) is 27.8 Å². The first kappa shape index (κ1) is 29.0. The van der Waals surface area contributed by atoms with Crippen LogP contribution in [0.4, 0.5) is 0 Å². The summed E-state index contributed by atoms with van der Waals surface area (Å²) in [6, 6.07) is 57.6. The Kier molecular flexibility index (Phi) is 6.07. The Bertz CT molecular complexity index is 2920. The van der Waals surface area contributed by atoms with Gasteiger partial charge in [-0.2, -0.15) is 5.26 Å². The van der Waals surface area contributed by atoms with Crippen LogP contribution in [0, 0.1) is 11.3 Å². The van der Waals surface area contributed by atoms with Gasteiger partial charge in [0.1, 0.15) is 0 Å². The number of nitrogens with zero attached hydrogens (tertiary/aromatic N) is 4. The first-order chi connectivity index (χ1) is 25.7. The molecule has 2 heterocycles. The van der Waals surface area contributed by atoms with Crippen LogP contribution in [0.25, 0.3) is 76.6 Å². The molecule has 240 valence electrons. The Hall–Kier alpha value is -6.74. The van der Waals surface area contributed by atoms with Crippen molar-refractivity contribution in [2.75, 3.05) is 0 Å². The Balaban J connectivity index is 1.31. The lowest BCUT2D eigenvalue weighted by Crippen LogP contribution is -2.26. The monoisotopic (exact) mass is 678 g/mol. The molecule has 1 atom stereocenters. The average molecular weight is 679 g/mol. The van der Waals surface area contributed by atoms with Gasteiger partial charge in [0.15, 0.2) is 17.5 Å². The number of nitriles is 1. The molecular formula is C47H26N4S. The lowest BCUT2D eigenvalue weighted by atomic mass is 9.70. The molecule has 0 fully saturated rings. The summed E-state index contributed by atoms with van der Waals surface area (Å²) in [6.07, 6.45) is 0. The standard InChI is InChI=1S/C47H26N4S/c48-27-28-23-24-38-34(25-28)31-17-7-10-20-36(31)47(38)37-21-11-8-18-32(37)41-39(47)26-35(43-42(41)33-19-9-12-22-40(33)52-43)46-50-44(29-13-3-1-4-14-29)49-45(51-46)30-15-5-2-6-16-30/h1-26H. The maximum atomic E-state index is 9.99. The molecule has 5 heteroatoms. The number of hydrogen-bond acceptors (Lipinski definition) is 5. The van der Waals surface area contributed by atoms with Crippen LogP contribution < -0.4 is 0 Å². The third-order valence-corrected chi connectivity index (χ3v) is 12.0. The largest absolute Gasteiger partial charge is 0.208 e. The number of aromatic nitrogens is 3. The van der Waals surface area contributed by atoms with Gasteiger partial charge >= 0.3 is 0 Å². The number of fused-ring (bicyclic) bond motifs is 14. The molecule has 7 aromatic carbocycles. The molecule has 0 bridgehead atoms. The van der Waals surface area contributed by atoms with E-state index in [0.29, 0.717) is 23.0 Å². The fraction of sp³-hybridized carbons (Fsp3) is 0.0213. The smallest absolute Gasteiger partial charge is 0.165 e. The van der Waals surface area contributed by atoms with Crippen molar-refractivity contribution in [1.29, 1.82) is 5.26 Å². The highest BCUT2D eigenvalue weighted by molar-refractivity contribution is 7.26. The Morgan fingerprint density at radius 1 is 0.481 bits per heavy atom. The van der Waals surface area contributed by atoms with Gasteiger partial charge in [-0.1, -0.05) is 133 Å². The molecule has 1 spiro atoms. The predicted octanol–water partition coefficient (Wildman–Crippen LogP) is 11.5. The van der Waals surface area contributed by atoms with Crippen molar-refractivity contribution in [2.24, 2.45) is 0 Å². The molecule has 2 aliphatic carbocycles. The van der Waals surface area contributed by atoms with Crippen LogP contribution in [0.2, 0.25) is 0 Å². The van der Waals surface area contributed by atoms with Crippen molar-refractivity contribution in [3.8, 4) is 62.5 Å². The van der Waals surface area contributed by atoms with Gasteiger partial charge in [0.2, 0.25) is 0 Å². The molecule has 0 N–H and O–H groups in total. The van der Waals surface area contributed by atoms with Crippen LogP contribution in [0.3, 0.4) is 0 Å². The summed E-state index contributed by atoms with van der Waals surface area (Å²) in [5.41, 5.74) is 12.5. The zero-order valence-electron chi connectivity index (χ0n) is 27.7. The number of hydrogen-bond donors (Lipinski definition) is 0. The van der Waals surface area contributed by atoms with Gasteiger partial charge in [-0.15, -0.1) is 11.3 Å². The van der Waals surface area contributed by atoms with Gasteiger partial charge in [-0.3, -0.25) is 0 Å². The molecule has 2 aromatic heterocycles. The molecule has 0 aliphatic heterocycles. The molecule has 4 nitrogen and oxygen atoms in total. The van der Waals surface area contributed by atoms with Crippen molar-refractivity contribution in [3.05, 3.63) is 186 Å². The van der Waals surface area contributed by atoms with Gasteiger partial charge in [-0.25, -0.2) is 15.0 Å². The van der Waals surface area contributed by atoms with Crippen molar-refractivity contribution in [1.82, 2.24) is 15.0 Å². The number of thiophene rings is 1. The van der Waals surface area contributed by atoms with E-state index < -0.39 is 5.41 Å². The van der Waals surface area contributed by atoms with Gasteiger partial charge in [-0.05, 0) is 68.8 Å². The molecule has 1 unspecified atom stereocenters. The zero-order chi connectivity index (χ0) is 34.4. The fourth-order valence-corrected chi connectivity index (χ4v) is 9.90. The summed E-state index contributed by atoms with van der Waals surface area (Å²) < 4.78 is 2.37. The van der Waals surface area contributed by atoms with E-state index in [4.69, 9.17) is 15.0 Å². The third kappa shape index (κ3) is 3.87. The van der Waals surface area contributed by atoms with E-state index in [1.165, 1.54) is 48.9 Å². The van der Waals surface area contributed by atoms with Crippen LogP contribution >= 0.6 is 11.3 Å². The minimum atomic E-state index is -0.602. The second-order valence-electron chi connectivity index (χ2n) is 13.4. The molecular weight excluding hydrogens is 653 g/mol. The molecule has 0 saturated heterocycles. The van der Waals surface area contributed by atoms with E-state index in [-0.39, 0.29) is 0 Å². The lowest BCUT2D eigenvalue weighted by molar-refractivity contribution is 0.794. The minimum absolute atomic E-state index is 0.602. The topological polar surface area (TPSA) is 62.5 Å². The Morgan fingerprint density at radius 3 is 1.77 bits per heavy atom. The van der Waals surface area contributed by atoms with E-state index in [2.05, 4.69) is 121 Å². The van der Waals surface area contributed by atoms with Gasteiger partial charge < -0.3 is 0 Å². The van der Waals surface area contributed by atoms with Gasteiger partial charge in [0, 0.05) is 36.9 Å². The van der Waals surface area contributed by atoms with E-state index in [0.717, 1.165) is 32.5 Å². The van der Waals surface area contributed by atoms with Gasteiger partial charge in [0.05, 0.1) is 17.0 Å².